The standard InChI is InChI=1S/C14H17NO4/c1-2-12(17)10-4-5-13-11(8-10)15(6-3-7-16)14(18)9-19-13/h4-5,8,16H,2-3,6-7,9H2,1H3. The molecule has 19 heavy (non-hydrogen) atoms. The molecule has 1 heterocycles. The van der Waals surface area contributed by atoms with Crippen LogP contribution >= 0.6 is 0 Å². The molecule has 0 saturated heterocycles. The second-order valence-electron chi connectivity index (χ2n) is 4.37. The zero-order valence-electron chi connectivity index (χ0n) is 10.9. The molecule has 1 aliphatic heterocycles. The normalized spacial score (nSPS) is 14.0. The van der Waals surface area contributed by atoms with Crippen LogP contribution in [0, 0.1) is 0 Å². The van der Waals surface area contributed by atoms with E-state index in [0.29, 0.717) is 36.4 Å². The van der Waals surface area contributed by atoms with Gasteiger partial charge in [-0.1, -0.05) is 6.92 Å². The van der Waals surface area contributed by atoms with E-state index in [2.05, 4.69) is 0 Å². The second kappa shape index (κ2) is 5.84. The Labute approximate surface area is 111 Å². The van der Waals surface area contributed by atoms with Crippen molar-refractivity contribution >= 4 is 17.4 Å². The summed E-state index contributed by atoms with van der Waals surface area (Å²) in [5, 5.41) is 8.89. The third-order valence-electron chi connectivity index (χ3n) is 3.08. The highest BCUT2D eigenvalue weighted by molar-refractivity contribution is 6.01. The zero-order valence-corrected chi connectivity index (χ0v) is 10.9. The first-order valence-corrected chi connectivity index (χ1v) is 6.38. The minimum atomic E-state index is -0.151. The number of hydrogen-bond acceptors (Lipinski definition) is 4. The number of carbonyl (C=O) groups is 2. The smallest absolute Gasteiger partial charge is 0.265 e. The summed E-state index contributed by atoms with van der Waals surface area (Å²) in [6, 6.07) is 5.12. The van der Waals surface area contributed by atoms with Crippen molar-refractivity contribution in [1.29, 1.82) is 0 Å². The molecule has 0 aliphatic carbocycles. The van der Waals surface area contributed by atoms with Crippen LogP contribution in [0.4, 0.5) is 5.69 Å². The van der Waals surface area contributed by atoms with Crippen molar-refractivity contribution in [3.63, 3.8) is 0 Å². The quantitative estimate of drug-likeness (QED) is 0.815. The molecule has 5 nitrogen and oxygen atoms in total. The maximum Gasteiger partial charge on any atom is 0.265 e. The number of aliphatic hydroxyl groups excluding tert-OH is 1. The number of benzene rings is 1. The van der Waals surface area contributed by atoms with Crippen molar-refractivity contribution in [1.82, 2.24) is 0 Å². The first-order valence-electron chi connectivity index (χ1n) is 6.38. The van der Waals surface area contributed by atoms with Crippen LogP contribution in [0.5, 0.6) is 5.75 Å². The summed E-state index contributed by atoms with van der Waals surface area (Å²) in [4.78, 5) is 25.1. The lowest BCUT2D eigenvalue weighted by molar-refractivity contribution is -0.121. The van der Waals surface area contributed by atoms with E-state index in [1.807, 2.05) is 0 Å². The third-order valence-corrected chi connectivity index (χ3v) is 3.08. The van der Waals surface area contributed by atoms with Gasteiger partial charge in [0.05, 0.1) is 5.69 Å². The molecule has 0 fully saturated rings. The van der Waals surface area contributed by atoms with Gasteiger partial charge in [0.1, 0.15) is 5.75 Å². The molecule has 0 saturated carbocycles. The van der Waals surface area contributed by atoms with E-state index in [1.54, 1.807) is 30.0 Å². The Balaban J connectivity index is 2.35. The topological polar surface area (TPSA) is 66.8 Å². The highest BCUT2D eigenvalue weighted by atomic mass is 16.5. The molecule has 1 amide bonds. The number of rotatable bonds is 5. The van der Waals surface area contributed by atoms with Gasteiger partial charge in [-0.2, -0.15) is 0 Å². The van der Waals surface area contributed by atoms with Crippen molar-refractivity contribution in [2.45, 2.75) is 19.8 Å². The van der Waals surface area contributed by atoms with Crippen molar-refractivity contribution in [2.75, 3.05) is 24.7 Å². The summed E-state index contributed by atoms with van der Waals surface area (Å²) >= 11 is 0. The van der Waals surface area contributed by atoms with Crippen LogP contribution in [-0.2, 0) is 4.79 Å². The summed E-state index contributed by atoms with van der Waals surface area (Å²) in [6.07, 6.45) is 0.918. The second-order valence-corrected chi connectivity index (χ2v) is 4.37. The predicted octanol–water partition coefficient (Wildman–Crippen LogP) is 1.39. The Morgan fingerprint density at radius 2 is 2.26 bits per heavy atom. The lowest BCUT2D eigenvalue weighted by atomic mass is 10.1. The van der Waals surface area contributed by atoms with Gasteiger partial charge >= 0.3 is 0 Å². The summed E-state index contributed by atoms with van der Waals surface area (Å²) < 4.78 is 5.35. The van der Waals surface area contributed by atoms with E-state index in [-0.39, 0.29) is 24.9 Å². The van der Waals surface area contributed by atoms with E-state index in [0.717, 1.165) is 0 Å². The summed E-state index contributed by atoms with van der Waals surface area (Å²) in [5.41, 5.74) is 1.19. The van der Waals surface area contributed by atoms with E-state index in [1.165, 1.54) is 0 Å². The molecule has 2 rings (SSSR count). The van der Waals surface area contributed by atoms with Crippen LogP contribution in [0.2, 0.25) is 0 Å². The van der Waals surface area contributed by atoms with Gasteiger partial charge < -0.3 is 14.7 Å². The third kappa shape index (κ3) is 2.76. The number of hydrogen-bond donors (Lipinski definition) is 1. The Morgan fingerprint density at radius 3 is 2.95 bits per heavy atom. The molecule has 1 N–H and O–H groups in total. The van der Waals surface area contributed by atoms with Crippen LogP contribution < -0.4 is 9.64 Å². The number of carbonyl (C=O) groups excluding carboxylic acids is 2. The number of nitrogens with zero attached hydrogens (tertiary/aromatic N) is 1. The molecule has 0 unspecified atom stereocenters. The van der Waals surface area contributed by atoms with E-state index in [9.17, 15) is 9.59 Å². The molecule has 1 aliphatic rings. The van der Waals surface area contributed by atoms with Crippen molar-refractivity contribution in [3.8, 4) is 5.75 Å². The summed E-state index contributed by atoms with van der Waals surface area (Å²) in [6.45, 7) is 2.25. The lowest BCUT2D eigenvalue weighted by Gasteiger charge is -2.29. The van der Waals surface area contributed by atoms with Crippen LogP contribution in [0.25, 0.3) is 0 Å². The SMILES string of the molecule is CCC(=O)c1ccc2c(c1)N(CCCO)C(=O)CO2. The molecule has 0 atom stereocenters. The number of Topliss-reactive ketones (excluding diaryl/α,β-unsaturated/α-hetero) is 1. The maximum absolute atomic E-state index is 11.8. The van der Waals surface area contributed by atoms with Crippen LogP contribution in [-0.4, -0.2) is 36.6 Å². The zero-order chi connectivity index (χ0) is 13.8. The Morgan fingerprint density at radius 1 is 1.47 bits per heavy atom. The molecule has 102 valence electrons. The fraction of sp³-hybridized carbons (Fsp3) is 0.429. The first kappa shape index (κ1) is 13.5. The Hall–Kier alpha value is -1.88. The average Bonchev–Trinajstić information content (AvgIpc) is 2.45. The van der Waals surface area contributed by atoms with Crippen molar-refractivity contribution < 1.29 is 19.4 Å². The highest BCUT2D eigenvalue weighted by Gasteiger charge is 2.25. The fourth-order valence-corrected chi connectivity index (χ4v) is 2.05. The number of ketones is 1. The van der Waals surface area contributed by atoms with Crippen LogP contribution in [0.15, 0.2) is 18.2 Å². The molecule has 5 heteroatoms. The van der Waals surface area contributed by atoms with Gasteiger partial charge in [-0.15, -0.1) is 0 Å². The number of amides is 1. The van der Waals surface area contributed by atoms with E-state index < -0.39 is 0 Å². The minimum absolute atomic E-state index is 0.000497. The van der Waals surface area contributed by atoms with Gasteiger partial charge in [0, 0.05) is 25.1 Å². The van der Waals surface area contributed by atoms with Crippen molar-refractivity contribution in [2.24, 2.45) is 0 Å². The minimum Gasteiger partial charge on any atom is -0.482 e. The lowest BCUT2D eigenvalue weighted by Crippen LogP contribution is -2.39. The number of fused-ring (bicyclic) bond motifs is 1. The van der Waals surface area contributed by atoms with E-state index in [4.69, 9.17) is 9.84 Å². The van der Waals surface area contributed by atoms with Gasteiger partial charge in [-0.3, -0.25) is 9.59 Å². The van der Waals surface area contributed by atoms with Crippen molar-refractivity contribution in [3.05, 3.63) is 23.8 Å². The van der Waals surface area contributed by atoms with Gasteiger partial charge in [0.2, 0.25) is 0 Å². The van der Waals surface area contributed by atoms with Gasteiger partial charge in [0.15, 0.2) is 12.4 Å². The summed E-state index contributed by atoms with van der Waals surface area (Å²) in [7, 11) is 0. The molecule has 0 aromatic heterocycles. The number of aliphatic hydroxyl groups is 1. The number of ether oxygens (including phenoxy) is 1. The maximum atomic E-state index is 11.8. The fourth-order valence-electron chi connectivity index (χ4n) is 2.05. The molecule has 1 aromatic carbocycles. The predicted molar refractivity (Wildman–Crippen MR) is 70.6 cm³/mol. The largest absolute Gasteiger partial charge is 0.482 e. The average molecular weight is 263 g/mol. The molecular formula is C14H17NO4. The van der Waals surface area contributed by atoms with Gasteiger partial charge in [0.25, 0.3) is 5.91 Å². The number of anilines is 1. The Kier molecular flexibility index (Phi) is 4.16. The molecule has 0 bridgehead atoms. The molecule has 0 spiro atoms. The van der Waals surface area contributed by atoms with Gasteiger partial charge in [-0.25, -0.2) is 0 Å². The van der Waals surface area contributed by atoms with Gasteiger partial charge in [-0.05, 0) is 24.6 Å². The van der Waals surface area contributed by atoms with Crippen LogP contribution in [0.3, 0.4) is 0 Å². The highest BCUT2D eigenvalue weighted by Crippen LogP contribution is 2.33. The Bertz CT molecular complexity index is 498. The van der Waals surface area contributed by atoms with E-state index >= 15 is 0 Å². The monoisotopic (exact) mass is 263 g/mol. The van der Waals surface area contributed by atoms with Crippen LogP contribution in [0.1, 0.15) is 30.1 Å². The molecule has 1 aromatic rings. The molecular weight excluding hydrogens is 246 g/mol. The first-order chi connectivity index (χ1) is 9.17. The molecule has 0 radical (unpaired) electrons. The summed E-state index contributed by atoms with van der Waals surface area (Å²) in [5.74, 6) is 0.482.